The van der Waals surface area contributed by atoms with E-state index in [9.17, 15) is 0 Å². The van der Waals surface area contributed by atoms with E-state index in [1.54, 1.807) is 0 Å². The molecule has 2 aromatic carbocycles. The van der Waals surface area contributed by atoms with Gasteiger partial charge < -0.3 is 0 Å². The molecule has 0 radical (unpaired) electrons. The monoisotopic (exact) mass is 246 g/mol. The summed E-state index contributed by atoms with van der Waals surface area (Å²) in [6.45, 7) is 2.21. The average molecular weight is 246 g/mol. The second kappa shape index (κ2) is 5.27. The SMILES string of the molecule is CC1=CC(c2ccc(-c3ccccc3)cc2)=CCC1. The van der Waals surface area contributed by atoms with Crippen LogP contribution in [-0.4, -0.2) is 0 Å². The maximum absolute atomic E-state index is 2.34. The van der Waals surface area contributed by atoms with Gasteiger partial charge in [-0.3, -0.25) is 0 Å². The summed E-state index contributed by atoms with van der Waals surface area (Å²) < 4.78 is 0. The molecule has 1 aliphatic rings. The first-order valence-corrected chi connectivity index (χ1v) is 6.86. The van der Waals surface area contributed by atoms with Crippen molar-refractivity contribution in [2.45, 2.75) is 19.8 Å². The normalized spacial score (nSPS) is 14.8. The highest BCUT2D eigenvalue weighted by Crippen LogP contribution is 2.27. The molecule has 19 heavy (non-hydrogen) atoms. The van der Waals surface area contributed by atoms with Gasteiger partial charge in [0.2, 0.25) is 0 Å². The molecule has 94 valence electrons. The number of benzene rings is 2. The van der Waals surface area contributed by atoms with Gasteiger partial charge in [0.25, 0.3) is 0 Å². The fourth-order valence-corrected chi connectivity index (χ4v) is 2.54. The third-order valence-corrected chi connectivity index (χ3v) is 3.63. The lowest BCUT2D eigenvalue weighted by atomic mass is 9.94. The van der Waals surface area contributed by atoms with Gasteiger partial charge >= 0.3 is 0 Å². The van der Waals surface area contributed by atoms with Crippen LogP contribution in [0, 0.1) is 0 Å². The predicted molar refractivity (Wildman–Crippen MR) is 82.8 cm³/mol. The van der Waals surface area contributed by atoms with Crippen molar-refractivity contribution in [1.82, 2.24) is 0 Å². The van der Waals surface area contributed by atoms with Crippen molar-refractivity contribution < 1.29 is 0 Å². The molecule has 0 saturated carbocycles. The Kier molecular flexibility index (Phi) is 3.33. The van der Waals surface area contributed by atoms with Crippen LogP contribution in [0.15, 0.2) is 72.3 Å². The van der Waals surface area contributed by atoms with Gasteiger partial charge in [0.05, 0.1) is 0 Å². The van der Waals surface area contributed by atoms with Crippen LogP contribution in [0.3, 0.4) is 0 Å². The Hall–Kier alpha value is -2.08. The molecule has 0 heterocycles. The Bertz CT molecular complexity index is 613. The van der Waals surface area contributed by atoms with Crippen molar-refractivity contribution in [3.63, 3.8) is 0 Å². The molecule has 0 aromatic heterocycles. The Morgan fingerprint density at radius 3 is 2.05 bits per heavy atom. The number of rotatable bonds is 2. The van der Waals surface area contributed by atoms with Crippen molar-refractivity contribution in [2.24, 2.45) is 0 Å². The van der Waals surface area contributed by atoms with Gasteiger partial charge in [-0.05, 0) is 42.0 Å². The maximum Gasteiger partial charge on any atom is -0.0184 e. The van der Waals surface area contributed by atoms with E-state index in [0.717, 1.165) is 6.42 Å². The standard InChI is InChI=1S/C19H18/c1-15-6-5-9-19(14-15)18-12-10-17(11-13-18)16-7-3-2-4-8-16/h2-4,7-14H,5-6H2,1H3. The van der Waals surface area contributed by atoms with Crippen molar-refractivity contribution in [3.8, 4) is 11.1 Å². The molecule has 2 aromatic rings. The summed E-state index contributed by atoms with van der Waals surface area (Å²) in [4.78, 5) is 0. The van der Waals surface area contributed by atoms with Crippen LogP contribution >= 0.6 is 0 Å². The Balaban J connectivity index is 1.90. The maximum atomic E-state index is 2.34. The van der Waals surface area contributed by atoms with E-state index in [0.29, 0.717) is 0 Å². The Morgan fingerprint density at radius 2 is 1.37 bits per heavy atom. The summed E-state index contributed by atoms with van der Waals surface area (Å²) in [6, 6.07) is 19.4. The van der Waals surface area contributed by atoms with E-state index in [1.165, 1.54) is 34.3 Å². The van der Waals surface area contributed by atoms with Crippen molar-refractivity contribution in [2.75, 3.05) is 0 Å². The quantitative estimate of drug-likeness (QED) is 0.658. The molecule has 0 saturated heterocycles. The van der Waals surface area contributed by atoms with Crippen molar-refractivity contribution >= 4 is 5.57 Å². The summed E-state index contributed by atoms with van der Waals surface area (Å²) in [5.41, 5.74) is 6.71. The first-order valence-electron chi connectivity index (χ1n) is 6.86. The van der Waals surface area contributed by atoms with Gasteiger partial charge in [0, 0.05) is 0 Å². The molecule has 0 nitrogen and oxygen atoms in total. The number of hydrogen-bond acceptors (Lipinski definition) is 0. The first kappa shape index (κ1) is 12.0. The van der Waals surface area contributed by atoms with Crippen LogP contribution in [0.4, 0.5) is 0 Å². The van der Waals surface area contributed by atoms with Gasteiger partial charge in [0.1, 0.15) is 0 Å². The molecule has 0 spiro atoms. The van der Waals surface area contributed by atoms with Gasteiger partial charge in [-0.15, -0.1) is 0 Å². The zero-order valence-electron chi connectivity index (χ0n) is 11.3. The molecular weight excluding hydrogens is 228 g/mol. The highest BCUT2D eigenvalue weighted by Gasteiger charge is 2.04. The van der Waals surface area contributed by atoms with E-state index in [1.807, 2.05) is 0 Å². The van der Waals surface area contributed by atoms with E-state index >= 15 is 0 Å². The van der Waals surface area contributed by atoms with Crippen LogP contribution < -0.4 is 0 Å². The largest absolute Gasteiger partial charge is 0.0763 e. The second-order valence-electron chi connectivity index (χ2n) is 5.13. The summed E-state index contributed by atoms with van der Waals surface area (Å²) in [5.74, 6) is 0. The topological polar surface area (TPSA) is 0 Å². The number of allylic oxidation sites excluding steroid dienone is 4. The summed E-state index contributed by atoms with van der Waals surface area (Å²) in [5, 5.41) is 0. The van der Waals surface area contributed by atoms with Crippen LogP contribution in [0.25, 0.3) is 16.7 Å². The molecule has 3 rings (SSSR count). The van der Waals surface area contributed by atoms with E-state index < -0.39 is 0 Å². The third kappa shape index (κ3) is 2.68. The minimum absolute atomic E-state index is 1.16. The molecule has 1 aliphatic carbocycles. The van der Waals surface area contributed by atoms with E-state index in [4.69, 9.17) is 0 Å². The van der Waals surface area contributed by atoms with Gasteiger partial charge in [0.15, 0.2) is 0 Å². The molecule has 0 atom stereocenters. The number of hydrogen-bond donors (Lipinski definition) is 0. The second-order valence-corrected chi connectivity index (χ2v) is 5.13. The van der Waals surface area contributed by atoms with Crippen LogP contribution in [0.1, 0.15) is 25.3 Å². The smallest absolute Gasteiger partial charge is 0.0184 e. The minimum atomic E-state index is 1.16. The molecular formula is C19H18. The zero-order chi connectivity index (χ0) is 13.1. The molecule has 0 fully saturated rings. The lowest BCUT2D eigenvalue weighted by Crippen LogP contribution is -1.90. The zero-order valence-corrected chi connectivity index (χ0v) is 11.3. The molecule has 0 aliphatic heterocycles. The fraction of sp³-hybridized carbons (Fsp3) is 0.158. The summed E-state index contributed by atoms with van der Waals surface area (Å²) >= 11 is 0. The van der Waals surface area contributed by atoms with Crippen LogP contribution in [0.5, 0.6) is 0 Å². The van der Waals surface area contributed by atoms with Crippen molar-refractivity contribution in [3.05, 3.63) is 77.9 Å². The van der Waals surface area contributed by atoms with Crippen LogP contribution in [-0.2, 0) is 0 Å². The van der Waals surface area contributed by atoms with Gasteiger partial charge in [-0.25, -0.2) is 0 Å². The third-order valence-electron chi connectivity index (χ3n) is 3.63. The minimum Gasteiger partial charge on any atom is -0.0763 e. The Labute approximate surface area is 115 Å². The lowest BCUT2D eigenvalue weighted by Gasteiger charge is -2.11. The predicted octanol–water partition coefficient (Wildman–Crippen LogP) is 5.48. The van der Waals surface area contributed by atoms with Crippen molar-refractivity contribution in [1.29, 1.82) is 0 Å². The van der Waals surface area contributed by atoms with E-state index in [2.05, 4.69) is 73.7 Å². The lowest BCUT2D eigenvalue weighted by molar-refractivity contribution is 0.966. The first-order chi connectivity index (χ1) is 9.33. The highest BCUT2D eigenvalue weighted by molar-refractivity contribution is 5.77. The molecule has 0 amide bonds. The van der Waals surface area contributed by atoms with Crippen LogP contribution in [0.2, 0.25) is 0 Å². The van der Waals surface area contributed by atoms with Gasteiger partial charge in [-0.2, -0.15) is 0 Å². The van der Waals surface area contributed by atoms with E-state index in [-0.39, 0.29) is 0 Å². The van der Waals surface area contributed by atoms with Gasteiger partial charge in [-0.1, -0.05) is 72.3 Å². The summed E-state index contributed by atoms with van der Waals surface area (Å²) in [6.07, 6.45) is 7.01. The Morgan fingerprint density at radius 1 is 0.737 bits per heavy atom. The fourth-order valence-electron chi connectivity index (χ4n) is 2.54. The molecule has 0 heteroatoms. The average Bonchev–Trinajstić information content (AvgIpc) is 2.48. The molecule has 0 bridgehead atoms. The molecule has 0 unspecified atom stereocenters. The summed E-state index contributed by atoms with van der Waals surface area (Å²) in [7, 11) is 0. The molecule has 0 N–H and O–H groups in total. The highest BCUT2D eigenvalue weighted by atomic mass is 14.1.